The van der Waals surface area contributed by atoms with Gasteiger partial charge in [0.25, 0.3) is 0 Å². The number of halogens is 1. The third-order valence-corrected chi connectivity index (χ3v) is 5.68. The van der Waals surface area contributed by atoms with Gasteiger partial charge in [-0.25, -0.2) is 9.78 Å². The van der Waals surface area contributed by atoms with Crippen molar-refractivity contribution < 1.29 is 9.53 Å². The van der Waals surface area contributed by atoms with Crippen LogP contribution in [0.25, 0.3) is 11.0 Å². The molecule has 4 rings (SSSR count). The van der Waals surface area contributed by atoms with Crippen LogP contribution in [0.2, 0.25) is 0 Å². The lowest BCUT2D eigenvalue weighted by Crippen LogP contribution is -2.39. The third kappa shape index (κ3) is 4.59. The molecule has 0 aliphatic carbocycles. The third-order valence-electron chi connectivity index (χ3n) is 5.15. The molecule has 2 aromatic carbocycles. The quantitative estimate of drug-likeness (QED) is 0.478. The molecular weight excluding hydrogens is 442 g/mol. The van der Waals surface area contributed by atoms with Crippen LogP contribution in [-0.2, 0) is 4.74 Å². The van der Waals surface area contributed by atoms with E-state index in [0.717, 1.165) is 27.8 Å². The Morgan fingerprint density at radius 2 is 1.90 bits per heavy atom. The second-order valence-electron chi connectivity index (χ2n) is 8.58. The number of carbonyl (C=O) groups is 1. The van der Waals surface area contributed by atoms with Crippen molar-refractivity contribution in [3.63, 3.8) is 0 Å². The summed E-state index contributed by atoms with van der Waals surface area (Å²) >= 11 is 3.53. The highest BCUT2D eigenvalue weighted by Crippen LogP contribution is 2.35. The van der Waals surface area contributed by atoms with Gasteiger partial charge in [-0.2, -0.15) is 0 Å². The van der Waals surface area contributed by atoms with Crippen molar-refractivity contribution in [2.24, 2.45) is 0 Å². The first-order valence-electron chi connectivity index (χ1n) is 10.2. The predicted octanol–water partition coefficient (Wildman–Crippen LogP) is 6.02. The number of hydrogen-bond acceptors (Lipinski definition) is 3. The molecule has 0 bridgehead atoms. The van der Waals surface area contributed by atoms with E-state index in [4.69, 9.17) is 9.72 Å². The Morgan fingerprint density at radius 3 is 2.53 bits per heavy atom. The SMILES string of the molecule is CC(C)(C)OC(=O)N1CC=C(C(c2ccc(Br)cc2)c2nc3ccccc3[nH]2)CC1. The van der Waals surface area contributed by atoms with E-state index in [9.17, 15) is 4.79 Å². The van der Waals surface area contributed by atoms with Gasteiger partial charge in [-0.15, -0.1) is 0 Å². The zero-order valence-electron chi connectivity index (χ0n) is 17.5. The zero-order valence-corrected chi connectivity index (χ0v) is 19.1. The first-order chi connectivity index (χ1) is 14.3. The minimum atomic E-state index is -0.491. The van der Waals surface area contributed by atoms with Crippen LogP contribution in [0.1, 0.15) is 44.5 Å². The highest BCUT2D eigenvalue weighted by molar-refractivity contribution is 9.10. The van der Waals surface area contributed by atoms with Crippen molar-refractivity contribution in [1.82, 2.24) is 14.9 Å². The second-order valence-corrected chi connectivity index (χ2v) is 9.49. The first-order valence-corrected chi connectivity index (χ1v) is 11.0. The number of fused-ring (bicyclic) bond motifs is 1. The molecule has 0 fully saturated rings. The molecule has 1 unspecified atom stereocenters. The molecule has 0 saturated carbocycles. The van der Waals surface area contributed by atoms with Crippen LogP contribution in [0.3, 0.4) is 0 Å². The molecule has 1 aliphatic heterocycles. The van der Waals surface area contributed by atoms with Gasteiger partial charge >= 0.3 is 6.09 Å². The Bertz CT molecular complexity index is 1050. The van der Waals surface area contributed by atoms with Gasteiger partial charge in [-0.1, -0.05) is 51.8 Å². The van der Waals surface area contributed by atoms with E-state index in [1.54, 1.807) is 4.90 Å². The van der Waals surface area contributed by atoms with Gasteiger partial charge < -0.3 is 14.6 Å². The number of aromatic amines is 1. The van der Waals surface area contributed by atoms with Crippen molar-refractivity contribution in [3.05, 3.63) is 76.0 Å². The number of amides is 1. The van der Waals surface area contributed by atoms with Crippen LogP contribution in [-0.4, -0.2) is 39.7 Å². The zero-order chi connectivity index (χ0) is 21.3. The molecule has 30 heavy (non-hydrogen) atoms. The number of aromatic nitrogens is 2. The van der Waals surface area contributed by atoms with Gasteiger partial charge in [-0.05, 0) is 57.0 Å². The molecule has 156 valence electrons. The van der Waals surface area contributed by atoms with Crippen molar-refractivity contribution in [2.45, 2.75) is 38.7 Å². The summed E-state index contributed by atoms with van der Waals surface area (Å²) < 4.78 is 6.57. The molecule has 3 aromatic rings. The highest BCUT2D eigenvalue weighted by atomic mass is 79.9. The number of benzene rings is 2. The van der Waals surface area contributed by atoms with Crippen LogP contribution >= 0.6 is 15.9 Å². The molecule has 2 heterocycles. The summed E-state index contributed by atoms with van der Waals surface area (Å²) in [6.45, 7) is 6.84. The number of H-pyrrole nitrogens is 1. The van der Waals surface area contributed by atoms with Crippen LogP contribution in [0.4, 0.5) is 4.79 Å². The van der Waals surface area contributed by atoms with Crippen LogP contribution in [0, 0.1) is 0 Å². The van der Waals surface area contributed by atoms with Crippen molar-refractivity contribution >= 4 is 33.1 Å². The average molecular weight is 468 g/mol. The van der Waals surface area contributed by atoms with Crippen LogP contribution in [0.5, 0.6) is 0 Å². The van der Waals surface area contributed by atoms with E-state index in [2.05, 4.69) is 51.3 Å². The summed E-state index contributed by atoms with van der Waals surface area (Å²) in [6, 6.07) is 16.4. The highest BCUT2D eigenvalue weighted by Gasteiger charge is 2.28. The fourth-order valence-corrected chi connectivity index (χ4v) is 4.02. The maximum Gasteiger partial charge on any atom is 0.410 e. The van der Waals surface area contributed by atoms with E-state index < -0.39 is 5.60 Å². The van der Waals surface area contributed by atoms with Gasteiger partial charge in [0.2, 0.25) is 0 Å². The number of hydrogen-bond donors (Lipinski definition) is 1. The minimum absolute atomic E-state index is 0.0197. The Morgan fingerprint density at radius 1 is 1.17 bits per heavy atom. The maximum absolute atomic E-state index is 12.4. The van der Waals surface area contributed by atoms with Crippen molar-refractivity contribution in [2.75, 3.05) is 13.1 Å². The predicted molar refractivity (Wildman–Crippen MR) is 123 cm³/mol. The number of nitrogens with zero attached hydrogens (tertiary/aromatic N) is 2. The maximum atomic E-state index is 12.4. The molecule has 1 amide bonds. The molecule has 5 nitrogen and oxygen atoms in total. The summed E-state index contributed by atoms with van der Waals surface area (Å²) in [7, 11) is 0. The fraction of sp³-hybridized carbons (Fsp3) is 0.333. The molecule has 1 atom stereocenters. The molecule has 0 radical (unpaired) electrons. The van der Waals surface area contributed by atoms with Crippen LogP contribution < -0.4 is 0 Å². The molecule has 1 aliphatic rings. The van der Waals surface area contributed by atoms with Gasteiger partial charge in [0, 0.05) is 17.6 Å². The fourth-order valence-electron chi connectivity index (χ4n) is 3.75. The summed E-state index contributed by atoms with van der Waals surface area (Å²) in [5.41, 5.74) is 3.93. The van der Waals surface area contributed by atoms with E-state index in [0.29, 0.717) is 13.1 Å². The van der Waals surface area contributed by atoms with Gasteiger partial charge in [0.05, 0.1) is 17.0 Å². The standard InChI is InChI=1S/C24H26BrN3O2/c1-24(2,3)30-23(29)28-14-12-17(13-15-28)21(16-8-10-18(25)11-9-16)22-26-19-6-4-5-7-20(19)27-22/h4-12,21H,13-15H2,1-3H3,(H,26,27). The normalized spacial score (nSPS) is 15.7. The summed E-state index contributed by atoms with van der Waals surface area (Å²) in [5.74, 6) is 0.946. The molecule has 1 aromatic heterocycles. The molecule has 1 N–H and O–H groups in total. The molecular formula is C24H26BrN3O2. The number of ether oxygens (including phenoxy) is 1. The number of imidazole rings is 1. The van der Waals surface area contributed by atoms with E-state index in [-0.39, 0.29) is 12.0 Å². The van der Waals surface area contributed by atoms with Gasteiger partial charge in [0.1, 0.15) is 11.4 Å². The Labute approximate surface area is 185 Å². The number of rotatable bonds is 3. The molecule has 0 saturated heterocycles. The Hall–Kier alpha value is -2.60. The Kier molecular flexibility index (Phi) is 5.69. The summed E-state index contributed by atoms with van der Waals surface area (Å²) in [4.78, 5) is 22.6. The lowest BCUT2D eigenvalue weighted by atomic mass is 9.87. The molecule has 0 spiro atoms. The number of para-hydroxylation sites is 2. The van der Waals surface area contributed by atoms with E-state index >= 15 is 0 Å². The topological polar surface area (TPSA) is 58.2 Å². The summed E-state index contributed by atoms with van der Waals surface area (Å²) in [6.07, 6.45) is 2.66. The molecule has 6 heteroatoms. The monoisotopic (exact) mass is 467 g/mol. The number of carbonyl (C=O) groups excluding carboxylic acids is 1. The van der Waals surface area contributed by atoms with E-state index in [1.165, 1.54) is 11.1 Å². The van der Waals surface area contributed by atoms with Gasteiger partial charge in [0.15, 0.2) is 0 Å². The van der Waals surface area contributed by atoms with Crippen molar-refractivity contribution in [3.8, 4) is 0 Å². The Balaban J connectivity index is 1.65. The van der Waals surface area contributed by atoms with Crippen LogP contribution in [0.15, 0.2) is 64.7 Å². The minimum Gasteiger partial charge on any atom is -0.444 e. The second kappa shape index (κ2) is 8.26. The van der Waals surface area contributed by atoms with E-state index in [1.807, 2.05) is 45.0 Å². The lowest BCUT2D eigenvalue weighted by Gasteiger charge is -2.31. The smallest absolute Gasteiger partial charge is 0.410 e. The number of nitrogens with one attached hydrogen (secondary N) is 1. The first kappa shape index (κ1) is 20.7. The lowest BCUT2D eigenvalue weighted by molar-refractivity contribution is 0.0265. The largest absolute Gasteiger partial charge is 0.444 e. The summed E-state index contributed by atoms with van der Waals surface area (Å²) in [5, 5.41) is 0. The average Bonchev–Trinajstić information content (AvgIpc) is 3.12. The van der Waals surface area contributed by atoms with Gasteiger partial charge in [-0.3, -0.25) is 0 Å². The van der Waals surface area contributed by atoms with Crippen molar-refractivity contribution in [1.29, 1.82) is 0 Å².